The van der Waals surface area contributed by atoms with Crippen molar-refractivity contribution in [3.05, 3.63) is 58.7 Å². The summed E-state index contributed by atoms with van der Waals surface area (Å²) in [6.45, 7) is 6.08. The molecule has 0 amide bonds. The molecule has 0 unspecified atom stereocenters. The van der Waals surface area contributed by atoms with Crippen LogP contribution in [-0.4, -0.2) is 6.61 Å². The maximum Gasteiger partial charge on any atom is 0.0721 e. The molecule has 0 spiro atoms. The van der Waals surface area contributed by atoms with Crippen LogP contribution in [0.25, 0.3) is 0 Å². The molecular weight excluding hydrogens is 268 g/mol. The first-order valence-electron chi connectivity index (χ1n) is 8.82. The van der Waals surface area contributed by atoms with Crippen LogP contribution in [0, 0.1) is 0 Å². The van der Waals surface area contributed by atoms with Gasteiger partial charge in [0.05, 0.1) is 13.2 Å². The van der Waals surface area contributed by atoms with Crippen molar-refractivity contribution in [3.8, 4) is 0 Å². The number of rotatable bonds is 8. The Balaban J connectivity index is 1.84. The monoisotopic (exact) mass is 298 g/mol. The lowest BCUT2D eigenvalue weighted by Gasteiger charge is -2.11. The molecule has 1 aromatic rings. The second-order valence-corrected chi connectivity index (χ2v) is 6.25. The molecule has 0 aromatic heterocycles. The summed E-state index contributed by atoms with van der Waals surface area (Å²) in [5, 5.41) is 0. The largest absolute Gasteiger partial charge is 0.372 e. The van der Waals surface area contributed by atoms with E-state index in [9.17, 15) is 0 Å². The van der Waals surface area contributed by atoms with Crippen molar-refractivity contribution in [2.45, 2.75) is 65.4 Å². The Morgan fingerprint density at radius 1 is 0.864 bits per heavy atom. The van der Waals surface area contributed by atoms with E-state index in [1.807, 2.05) is 6.07 Å². The van der Waals surface area contributed by atoms with E-state index in [0.29, 0.717) is 0 Å². The quantitative estimate of drug-likeness (QED) is 0.518. The van der Waals surface area contributed by atoms with Crippen molar-refractivity contribution in [1.29, 1.82) is 0 Å². The first-order valence-corrected chi connectivity index (χ1v) is 8.82. The maximum absolute atomic E-state index is 5.92. The Hall–Kier alpha value is -1.34. The zero-order valence-corrected chi connectivity index (χ0v) is 14.2. The molecule has 0 N–H and O–H groups in total. The van der Waals surface area contributed by atoms with E-state index < -0.39 is 0 Å². The first-order chi connectivity index (χ1) is 10.8. The fourth-order valence-electron chi connectivity index (χ4n) is 3.19. The maximum atomic E-state index is 5.92. The molecule has 1 aliphatic rings. The number of ether oxygens (including phenoxy) is 1. The summed E-state index contributed by atoms with van der Waals surface area (Å²) in [4.78, 5) is 0. The molecule has 1 aromatic carbocycles. The van der Waals surface area contributed by atoms with Gasteiger partial charge in [-0.3, -0.25) is 0 Å². The van der Waals surface area contributed by atoms with E-state index in [4.69, 9.17) is 4.74 Å². The smallest absolute Gasteiger partial charge is 0.0721 e. The molecule has 0 aliphatic heterocycles. The summed E-state index contributed by atoms with van der Waals surface area (Å²) < 4.78 is 5.92. The van der Waals surface area contributed by atoms with Crippen molar-refractivity contribution in [1.82, 2.24) is 0 Å². The van der Waals surface area contributed by atoms with E-state index in [1.165, 1.54) is 49.7 Å². The highest BCUT2D eigenvalue weighted by atomic mass is 16.5. The van der Waals surface area contributed by atoms with Gasteiger partial charge in [0.1, 0.15) is 0 Å². The molecule has 0 bridgehead atoms. The van der Waals surface area contributed by atoms with Crippen molar-refractivity contribution in [3.63, 3.8) is 0 Å². The summed E-state index contributed by atoms with van der Waals surface area (Å²) in [5.41, 5.74) is 6.16. The third-order valence-corrected chi connectivity index (χ3v) is 4.39. The average molecular weight is 298 g/mol. The van der Waals surface area contributed by atoms with Crippen LogP contribution in [0.1, 0.15) is 64.4 Å². The van der Waals surface area contributed by atoms with Gasteiger partial charge in [-0.15, -0.1) is 0 Å². The minimum absolute atomic E-state index is 0.718. The molecule has 2 rings (SSSR count). The lowest BCUT2D eigenvalue weighted by molar-refractivity contribution is 0.140. The standard InChI is InChI=1S/C21H30O/c1-3-8-20-14-12-19(13-15-21(20)9-4-2)17-22-16-18-10-6-5-7-11-18/h5-7,10-12H,3-4,8-9,13-17H2,1-2H3. The van der Waals surface area contributed by atoms with Crippen LogP contribution in [0.5, 0.6) is 0 Å². The van der Waals surface area contributed by atoms with E-state index in [-0.39, 0.29) is 0 Å². The normalized spacial score (nSPS) is 15.6. The molecule has 0 fully saturated rings. The van der Waals surface area contributed by atoms with Gasteiger partial charge in [0.2, 0.25) is 0 Å². The summed E-state index contributed by atoms with van der Waals surface area (Å²) in [6, 6.07) is 10.4. The Labute approximate surface area is 136 Å². The minimum atomic E-state index is 0.718. The second-order valence-electron chi connectivity index (χ2n) is 6.25. The molecule has 0 saturated carbocycles. The van der Waals surface area contributed by atoms with Gasteiger partial charge in [0.25, 0.3) is 0 Å². The van der Waals surface area contributed by atoms with Gasteiger partial charge in [-0.25, -0.2) is 0 Å². The highest BCUT2D eigenvalue weighted by molar-refractivity contribution is 5.24. The Morgan fingerprint density at radius 2 is 1.59 bits per heavy atom. The molecule has 22 heavy (non-hydrogen) atoms. The van der Waals surface area contributed by atoms with Gasteiger partial charge >= 0.3 is 0 Å². The van der Waals surface area contributed by atoms with Gasteiger partial charge in [-0.1, -0.05) is 74.2 Å². The van der Waals surface area contributed by atoms with E-state index in [0.717, 1.165) is 19.6 Å². The van der Waals surface area contributed by atoms with Crippen molar-refractivity contribution in [2.24, 2.45) is 0 Å². The third-order valence-electron chi connectivity index (χ3n) is 4.39. The number of hydrogen-bond acceptors (Lipinski definition) is 1. The lowest BCUT2D eigenvalue weighted by atomic mass is 9.96. The van der Waals surface area contributed by atoms with Crippen molar-refractivity contribution < 1.29 is 4.74 Å². The zero-order valence-electron chi connectivity index (χ0n) is 14.2. The molecule has 1 aliphatic carbocycles. The number of hydrogen-bond donors (Lipinski definition) is 0. The van der Waals surface area contributed by atoms with Crippen molar-refractivity contribution >= 4 is 0 Å². The van der Waals surface area contributed by atoms with Crippen LogP contribution in [0.2, 0.25) is 0 Å². The Kier molecular flexibility index (Phi) is 7.45. The van der Waals surface area contributed by atoms with Crippen molar-refractivity contribution in [2.75, 3.05) is 6.61 Å². The predicted molar refractivity (Wildman–Crippen MR) is 94.9 cm³/mol. The zero-order chi connectivity index (χ0) is 15.6. The molecule has 0 atom stereocenters. The second kappa shape index (κ2) is 9.63. The molecule has 1 nitrogen and oxygen atoms in total. The van der Waals surface area contributed by atoms with E-state index >= 15 is 0 Å². The molecular formula is C21H30O. The summed E-state index contributed by atoms with van der Waals surface area (Å²) in [7, 11) is 0. The summed E-state index contributed by atoms with van der Waals surface area (Å²) in [6.07, 6.45) is 11.1. The molecule has 0 radical (unpaired) electrons. The van der Waals surface area contributed by atoms with Gasteiger partial charge in [0, 0.05) is 0 Å². The average Bonchev–Trinajstić information content (AvgIpc) is 2.73. The van der Waals surface area contributed by atoms with Crippen LogP contribution < -0.4 is 0 Å². The number of benzene rings is 1. The van der Waals surface area contributed by atoms with E-state index in [1.54, 1.807) is 11.1 Å². The molecule has 120 valence electrons. The SMILES string of the molecule is CCCC1=C(CCC)CCC(COCc2ccccc2)=CC1. The van der Waals surface area contributed by atoms with Crippen LogP contribution in [0.4, 0.5) is 0 Å². The van der Waals surface area contributed by atoms with Gasteiger partial charge in [-0.2, -0.15) is 0 Å². The summed E-state index contributed by atoms with van der Waals surface area (Å²) >= 11 is 0. The Bertz CT molecular complexity index is 496. The topological polar surface area (TPSA) is 9.23 Å². The summed E-state index contributed by atoms with van der Waals surface area (Å²) in [5.74, 6) is 0. The molecule has 0 heterocycles. The van der Waals surface area contributed by atoms with Gasteiger partial charge in [0.15, 0.2) is 0 Å². The third kappa shape index (κ3) is 5.46. The fourth-order valence-corrected chi connectivity index (χ4v) is 3.19. The number of allylic oxidation sites excluding steroid dienone is 3. The minimum Gasteiger partial charge on any atom is -0.372 e. The van der Waals surface area contributed by atoms with Crippen LogP contribution >= 0.6 is 0 Å². The molecule has 0 saturated heterocycles. The van der Waals surface area contributed by atoms with Crippen LogP contribution in [0.3, 0.4) is 0 Å². The first kappa shape index (κ1) is 17.0. The molecule has 1 heteroatoms. The highest BCUT2D eigenvalue weighted by Crippen LogP contribution is 2.29. The van der Waals surface area contributed by atoms with E-state index in [2.05, 4.69) is 44.2 Å². The predicted octanol–water partition coefficient (Wildman–Crippen LogP) is 6.21. The van der Waals surface area contributed by atoms with Crippen LogP contribution in [-0.2, 0) is 11.3 Å². The highest BCUT2D eigenvalue weighted by Gasteiger charge is 2.11. The lowest BCUT2D eigenvalue weighted by Crippen LogP contribution is -1.99. The van der Waals surface area contributed by atoms with Gasteiger partial charge < -0.3 is 4.74 Å². The van der Waals surface area contributed by atoms with Gasteiger partial charge in [-0.05, 0) is 43.2 Å². The fraction of sp³-hybridized carbons (Fsp3) is 0.524. The van der Waals surface area contributed by atoms with Crippen LogP contribution in [0.15, 0.2) is 53.1 Å². The Morgan fingerprint density at radius 3 is 2.32 bits per heavy atom.